The molecule has 2 aromatic carbocycles. The van der Waals surface area contributed by atoms with Gasteiger partial charge in [-0.2, -0.15) is 0 Å². The number of nitrogens with one attached hydrogen (secondary N) is 1. The summed E-state index contributed by atoms with van der Waals surface area (Å²) < 4.78 is 13.2. The van der Waals surface area contributed by atoms with Crippen molar-refractivity contribution in [2.24, 2.45) is 0 Å². The highest BCUT2D eigenvalue weighted by Gasteiger charge is 2.18. The zero-order chi connectivity index (χ0) is 21.7. The quantitative estimate of drug-likeness (QED) is 0.572. The SMILES string of the molecule is CCOc1ccc(-n2c(C)cc(C(=O)COc3ccccc3C(=O)NC)c2C)cc1. The zero-order valence-corrected chi connectivity index (χ0v) is 17.7. The number of Topliss-reactive ketones (excluding diaryl/α,β-unsaturated/α-hetero) is 1. The van der Waals surface area contributed by atoms with Crippen molar-refractivity contribution >= 4 is 11.7 Å². The Morgan fingerprint density at radius 3 is 2.33 bits per heavy atom. The Morgan fingerprint density at radius 2 is 1.67 bits per heavy atom. The molecule has 1 heterocycles. The van der Waals surface area contributed by atoms with Crippen molar-refractivity contribution in [3.63, 3.8) is 0 Å². The maximum absolute atomic E-state index is 12.9. The number of ether oxygens (including phenoxy) is 2. The lowest BCUT2D eigenvalue weighted by Gasteiger charge is -2.12. The first-order valence-corrected chi connectivity index (χ1v) is 9.85. The third-order valence-corrected chi connectivity index (χ3v) is 4.85. The fourth-order valence-corrected chi connectivity index (χ4v) is 3.44. The highest BCUT2D eigenvalue weighted by Crippen LogP contribution is 2.24. The Morgan fingerprint density at radius 1 is 0.967 bits per heavy atom. The molecule has 0 aliphatic carbocycles. The van der Waals surface area contributed by atoms with Crippen LogP contribution in [-0.2, 0) is 0 Å². The van der Waals surface area contributed by atoms with Crippen molar-refractivity contribution in [1.29, 1.82) is 0 Å². The Kier molecular flexibility index (Phi) is 6.57. The lowest BCUT2D eigenvalue weighted by molar-refractivity contribution is 0.0906. The second-order valence-corrected chi connectivity index (χ2v) is 6.83. The number of aryl methyl sites for hydroxylation is 1. The molecule has 0 spiro atoms. The molecule has 3 rings (SSSR count). The number of hydrogen-bond acceptors (Lipinski definition) is 4. The van der Waals surface area contributed by atoms with Gasteiger partial charge in [-0.05, 0) is 63.2 Å². The molecule has 3 aromatic rings. The van der Waals surface area contributed by atoms with E-state index >= 15 is 0 Å². The Labute approximate surface area is 176 Å². The molecular formula is C24H26N2O4. The van der Waals surface area contributed by atoms with Crippen molar-refractivity contribution in [3.8, 4) is 17.2 Å². The predicted octanol–water partition coefficient (Wildman–Crippen LogP) is 4.11. The molecule has 0 saturated heterocycles. The Bertz CT molecular complexity index is 1050. The van der Waals surface area contributed by atoms with Gasteiger partial charge >= 0.3 is 0 Å². The van der Waals surface area contributed by atoms with Gasteiger partial charge in [0.05, 0.1) is 12.2 Å². The number of benzene rings is 2. The number of amides is 1. The minimum absolute atomic E-state index is 0.146. The van der Waals surface area contributed by atoms with Crippen molar-refractivity contribution < 1.29 is 19.1 Å². The van der Waals surface area contributed by atoms with Crippen molar-refractivity contribution in [1.82, 2.24) is 9.88 Å². The molecule has 30 heavy (non-hydrogen) atoms. The molecule has 0 saturated carbocycles. The van der Waals surface area contributed by atoms with Crippen molar-refractivity contribution in [3.05, 3.63) is 77.1 Å². The molecule has 1 amide bonds. The maximum Gasteiger partial charge on any atom is 0.254 e. The van der Waals surface area contributed by atoms with Crippen LogP contribution in [-0.4, -0.2) is 36.5 Å². The van der Waals surface area contributed by atoms with Crippen LogP contribution in [0.2, 0.25) is 0 Å². The molecule has 1 N–H and O–H groups in total. The van der Waals surface area contributed by atoms with E-state index in [0.29, 0.717) is 23.5 Å². The zero-order valence-electron chi connectivity index (χ0n) is 17.7. The van der Waals surface area contributed by atoms with E-state index in [9.17, 15) is 9.59 Å². The summed E-state index contributed by atoms with van der Waals surface area (Å²) in [4.78, 5) is 24.9. The highest BCUT2D eigenvalue weighted by molar-refractivity contribution is 5.99. The molecule has 0 bridgehead atoms. The average molecular weight is 406 g/mol. The summed E-state index contributed by atoms with van der Waals surface area (Å²) in [5, 5.41) is 2.57. The summed E-state index contributed by atoms with van der Waals surface area (Å²) in [7, 11) is 1.56. The van der Waals surface area contributed by atoms with Gasteiger partial charge in [0.2, 0.25) is 5.78 Å². The van der Waals surface area contributed by atoms with Gasteiger partial charge in [0.1, 0.15) is 11.5 Å². The van der Waals surface area contributed by atoms with Crippen LogP contribution in [0.3, 0.4) is 0 Å². The van der Waals surface area contributed by atoms with Crippen LogP contribution >= 0.6 is 0 Å². The monoisotopic (exact) mass is 406 g/mol. The average Bonchev–Trinajstić information content (AvgIpc) is 3.06. The number of carbonyl (C=O) groups is 2. The van der Waals surface area contributed by atoms with Crippen LogP contribution in [0.5, 0.6) is 11.5 Å². The maximum atomic E-state index is 12.9. The lowest BCUT2D eigenvalue weighted by Crippen LogP contribution is -2.20. The van der Waals surface area contributed by atoms with Crippen molar-refractivity contribution in [2.75, 3.05) is 20.3 Å². The number of aromatic nitrogens is 1. The summed E-state index contributed by atoms with van der Waals surface area (Å²) in [6.07, 6.45) is 0. The number of ketones is 1. The van der Waals surface area contributed by atoms with Gasteiger partial charge in [0.25, 0.3) is 5.91 Å². The standard InChI is InChI=1S/C24H26N2O4/c1-5-29-19-12-10-18(11-13-19)26-16(2)14-21(17(26)3)22(27)15-30-23-9-7-6-8-20(23)24(28)25-4/h6-14H,5,15H2,1-4H3,(H,25,28). The molecule has 156 valence electrons. The van der Waals surface area contributed by atoms with E-state index in [1.54, 1.807) is 31.3 Å². The first-order chi connectivity index (χ1) is 14.5. The summed E-state index contributed by atoms with van der Waals surface area (Å²) in [6, 6.07) is 16.5. The van der Waals surface area contributed by atoms with E-state index in [0.717, 1.165) is 22.8 Å². The van der Waals surface area contributed by atoms with E-state index in [4.69, 9.17) is 9.47 Å². The minimum Gasteiger partial charge on any atom is -0.494 e. The molecule has 6 nitrogen and oxygen atoms in total. The van der Waals surface area contributed by atoms with Gasteiger partial charge in [-0.1, -0.05) is 12.1 Å². The van der Waals surface area contributed by atoms with Crippen molar-refractivity contribution in [2.45, 2.75) is 20.8 Å². The first kappa shape index (κ1) is 21.2. The van der Waals surface area contributed by atoms with E-state index in [-0.39, 0.29) is 18.3 Å². The van der Waals surface area contributed by atoms with Gasteiger partial charge in [0, 0.05) is 29.7 Å². The smallest absolute Gasteiger partial charge is 0.254 e. The van der Waals surface area contributed by atoms with Crippen LogP contribution in [0.4, 0.5) is 0 Å². The second kappa shape index (κ2) is 9.31. The Balaban J connectivity index is 1.80. The number of carbonyl (C=O) groups excluding carboxylic acids is 2. The third-order valence-electron chi connectivity index (χ3n) is 4.85. The third kappa shape index (κ3) is 4.38. The summed E-state index contributed by atoms with van der Waals surface area (Å²) in [6.45, 7) is 6.28. The molecule has 0 atom stereocenters. The van der Waals surface area contributed by atoms with Crippen LogP contribution in [0.1, 0.15) is 39.0 Å². The van der Waals surface area contributed by atoms with Gasteiger partial charge in [0.15, 0.2) is 6.61 Å². The summed E-state index contributed by atoms with van der Waals surface area (Å²) in [5.41, 5.74) is 3.74. The Hall–Kier alpha value is -3.54. The van der Waals surface area contributed by atoms with Gasteiger partial charge in [-0.3, -0.25) is 9.59 Å². The number of rotatable bonds is 8. The van der Waals surface area contributed by atoms with E-state index in [1.165, 1.54) is 0 Å². The normalized spacial score (nSPS) is 10.5. The van der Waals surface area contributed by atoms with E-state index < -0.39 is 0 Å². The number of nitrogens with zero attached hydrogens (tertiary/aromatic N) is 1. The lowest BCUT2D eigenvalue weighted by atomic mass is 10.1. The van der Waals surface area contributed by atoms with Crippen LogP contribution in [0.25, 0.3) is 5.69 Å². The minimum atomic E-state index is -0.258. The molecule has 0 unspecified atom stereocenters. The van der Waals surface area contributed by atoms with E-state index in [2.05, 4.69) is 5.32 Å². The molecule has 0 fully saturated rings. The molecule has 0 aliphatic rings. The molecule has 0 radical (unpaired) electrons. The number of hydrogen-bond donors (Lipinski definition) is 1. The van der Waals surface area contributed by atoms with Crippen LogP contribution < -0.4 is 14.8 Å². The number of para-hydroxylation sites is 1. The first-order valence-electron chi connectivity index (χ1n) is 9.85. The summed E-state index contributed by atoms with van der Waals surface area (Å²) in [5.74, 6) is 0.785. The predicted molar refractivity (Wildman–Crippen MR) is 116 cm³/mol. The summed E-state index contributed by atoms with van der Waals surface area (Å²) >= 11 is 0. The molecule has 6 heteroatoms. The van der Waals surface area contributed by atoms with Gasteiger partial charge < -0.3 is 19.4 Å². The molecular weight excluding hydrogens is 380 g/mol. The van der Waals surface area contributed by atoms with Crippen LogP contribution in [0, 0.1) is 13.8 Å². The van der Waals surface area contributed by atoms with Gasteiger partial charge in [-0.15, -0.1) is 0 Å². The molecule has 1 aromatic heterocycles. The van der Waals surface area contributed by atoms with E-state index in [1.807, 2.05) is 55.7 Å². The highest BCUT2D eigenvalue weighted by atomic mass is 16.5. The molecule has 0 aliphatic heterocycles. The topological polar surface area (TPSA) is 69.6 Å². The largest absolute Gasteiger partial charge is 0.494 e. The second-order valence-electron chi connectivity index (χ2n) is 6.83. The van der Waals surface area contributed by atoms with Gasteiger partial charge in [-0.25, -0.2) is 0 Å². The van der Waals surface area contributed by atoms with Crippen LogP contribution in [0.15, 0.2) is 54.6 Å². The fourth-order valence-electron chi connectivity index (χ4n) is 3.44. The fraction of sp³-hybridized carbons (Fsp3) is 0.250.